The van der Waals surface area contributed by atoms with Gasteiger partial charge in [-0.05, 0) is 52.7 Å². The zero-order valence-corrected chi connectivity index (χ0v) is 19.8. The Balaban J connectivity index is 1.82. The number of esters is 1. The van der Waals surface area contributed by atoms with Crippen LogP contribution in [0.5, 0.6) is 0 Å². The van der Waals surface area contributed by atoms with E-state index in [1.807, 2.05) is 12.3 Å². The van der Waals surface area contributed by atoms with Gasteiger partial charge in [0, 0.05) is 30.6 Å². The average Bonchev–Trinajstić information content (AvgIpc) is 3.21. The van der Waals surface area contributed by atoms with Gasteiger partial charge in [-0.3, -0.25) is 4.79 Å². The number of hydrogen-bond donors (Lipinski definition) is 1. The molecule has 10 heteroatoms. The van der Waals surface area contributed by atoms with Gasteiger partial charge in [0.05, 0.1) is 18.2 Å². The van der Waals surface area contributed by atoms with E-state index in [1.165, 1.54) is 30.6 Å². The number of methoxy groups -OCH3 is 1. The molecule has 1 aliphatic rings. The molecule has 0 spiro atoms. The number of anilines is 2. The zero-order valence-electron chi connectivity index (χ0n) is 19.0. The number of carbonyl (C=O) groups excluding carboxylic acids is 2. The van der Waals surface area contributed by atoms with Gasteiger partial charge in [0.25, 0.3) is 0 Å². The van der Waals surface area contributed by atoms with Crippen molar-refractivity contribution < 1.29 is 23.5 Å². The minimum atomic E-state index is -1.000. The second-order valence-electron chi connectivity index (χ2n) is 9.01. The van der Waals surface area contributed by atoms with Crippen LogP contribution in [0.25, 0.3) is 0 Å². The minimum Gasteiger partial charge on any atom is -0.469 e. The molecule has 2 aromatic rings. The van der Waals surface area contributed by atoms with E-state index in [1.54, 1.807) is 31.9 Å². The fraction of sp³-hybridized carbons (Fsp3) is 0.545. The molecule has 1 N–H and O–H groups in total. The summed E-state index contributed by atoms with van der Waals surface area (Å²) < 4.78 is 25.3. The Morgan fingerprint density at radius 3 is 2.72 bits per heavy atom. The van der Waals surface area contributed by atoms with Crippen LogP contribution >= 0.6 is 11.3 Å². The molecule has 3 rings (SSSR count). The number of ether oxygens (including phenoxy) is 2. The van der Waals surface area contributed by atoms with E-state index < -0.39 is 28.9 Å². The molecule has 1 aliphatic heterocycles. The highest BCUT2D eigenvalue weighted by molar-refractivity contribution is 7.13. The lowest BCUT2D eigenvalue weighted by atomic mass is 9.72. The van der Waals surface area contributed by atoms with Crippen LogP contribution in [-0.4, -0.2) is 52.2 Å². The summed E-state index contributed by atoms with van der Waals surface area (Å²) in [6.07, 6.45) is 1.91. The number of aromatic nitrogens is 2. The molecule has 0 aliphatic carbocycles. The number of piperidine rings is 1. The standard InChI is InChI=1S/C22H29FN4O4S/c1-14-12-22(18(28)30-5,8-10-27(14)20(29)31-21(2,3)4)13-16-15(23)6-7-17(25-16)26-19-24-9-11-32-19/h6-7,9,11,14H,8,10,12-13H2,1-5H3,(H,24,25,26). The van der Waals surface area contributed by atoms with E-state index in [2.05, 4.69) is 15.3 Å². The summed E-state index contributed by atoms with van der Waals surface area (Å²) in [4.78, 5) is 35.6. The molecular weight excluding hydrogens is 435 g/mol. The maximum absolute atomic E-state index is 14.7. The Bertz CT molecular complexity index is 963. The summed E-state index contributed by atoms with van der Waals surface area (Å²) in [6.45, 7) is 7.56. The normalized spacial score (nSPS) is 21.2. The van der Waals surface area contributed by atoms with Crippen molar-refractivity contribution in [1.82, 2.24) is 14.9 Å². The van der Waals surface area contributed by atoms with Crippen molar-refractivity contribution in [2.24, 2.45) is 5.41 Å². The van der Waals surface area contributed by atoms with Gasteiger partial charge in [-0.15, -0.1) is 11.3 Å². The van der Waals surface area contributed by atoms with E-state index in [0.717, 1.165) is 0 Å². The summed E-state index contributed by atoms with van der Waals surface area (Å²) >= 11 is 1.40. The lowest BCUT2D eigenvalue weighted by molar-refractivity contribution is -0.157. The molecule has 0 radical (unpaired) electrons. The van der Waals surface area contributed by atoms with Crippen molar-refractivity contribution in [3.63, 3.8) is 0 Å². The van der Waals surface area contributed by atoms with Gasteiger partial charge < -0.3 is 19.7 Å². The van der Waals surface area contributed by atoms with Crippen LogP contribution in [0.1, 0.15) is 46.2 Å². The lowest BCUT2D eigenvalue weighted by Crippen LogP contribution is -2.53. The largest absolute Gasteiger partial charge is 0.469 e. The van der Waals surface area contributed by atoms with Gasteiger partial charge in [-0.2, -0.15) is 0 Å². The molecule has 0 saturated carbocycles. The zero-order chi connectivity index (χ0) is 23.5. The van der Waals surface area contributed by atoms with Crippen LogP contribution in [0.15, 0.2) is 23.7 Å². The quantitative estimate of drug-likeness (QED) is 0.649. The Labute approximate surface area is 191 Å². The molecule has 1 saturated heterocycles. The smallest absolute Gasteiger partial charge is 0.410 e. The first-order valence-electron chi connectivity index (χ1n) is 10.4. The van der Waals surface area contributed by atoms with Crippen molar-refractivity contribution in [1.29, 1.82) is 0 Å². The molecule has 0 bridgehead atoms. The summed E-state index contributed by atoms with van der Waals surface area (Å²) in [5.74, 6) is -0.497. The maximum Gasteiger partial charge on any atom is 0.410 e. The Kier molecular flexibility index (Phi) is 7.02. The Morgan fingerprint density at radius 1 is 1.38 bits per heavy atom. The lowest BCUT2D eigenvalue weighted by Gasteiger charge is -2.43. The topological polar surface area (TPSA) is 93.6 Å². The molecule has 1 amide bonds. The van der Waals surface area contributed by atoms with Crippen LogP contribution in [0.4, 0.5) is 20.1 Å². The molecule has 3 heterocycles. The highest BCUT2D eigenvalue weighted by atomic mass is 32.1. The van der Waals surface area contributed by atoms with E-state index in [9.17, 15) is 14.0 Å². The first-order valence-corrected chi connectivity index (χ1v) is 11.3. The SMILES string of the molecule is COC(=O)C1(Cc2nc(Nc3nccs3)ccc2F)CCN(C(=O)OC(C)(C)C)C(C)C1. The van der Waals surface area contributed by atoms with E-state index in [-0.39, 0.29) is 18.2 Å². The summed E-state index contributed by atoms with van der Waals surface area (Å²) in [5.41, 5.74) is -1.46. The van der Waals surface area contributed by atoms with E-state index in [0.29, 0.717) is 30.3 Å². The predicted octanol–water partition coefficient (Wildman–Crippen LogP) is 4.54. The number of amides is 1. The number of hydrogen-bond acceptors (Lipinski definition) is 8. The van der Waals surface area contributed by atoms with Gasteiger partial charge in [0.1, 0.15) is 17.2 Å². The molecule has 174 valence electrons. The van der Waals surface area contributed by atoms with Crippen molar-refractivity contribution in [3.05, 3.63) is 35.2 Å². The molecule has 2 unspecified atom stereocenters. The fourth-order valence-corrected chi connectivity index (χ4v) is 4.49. The second kappa shape index (κ2) is 9.40. The number of thiazole rings is 1. The van der Waals surface area contributed by atoms with Gasteiger partial charge in [-0.25, -0.2) is 19.2 Å². The first kappa shape index (κ1) is 23.9. The highest BCUT2D eigenvalue weighted by Crippen LogP contribution is 2.40. The summed E-state index contributed by atoms with van der Waals surface area (Å²) in [7, 11) is 1.32. The highest BCUT2D eigenvalue weighted by Gasteiger charge is 2.47. The molecule has 2 atom stereocenters. The molecule has 2 aromatic heterocycles. The number of rotatable bonds is 5. The van der Waals surface area contributed by atoms with Gasteiger partial charge in [0.15, 0.2) is 5.13 Å². The number of pyridine rings is 1. The van der Waals surface area contributed by atoms with Crippen LogP contribution in [0.2, 0.25) is 0 Å². The van der Waals surface area contributed by atoms with Gasteiger partial charge in [0.2, 0.25) is 0 Å². The van der Waals surface area contributed by atoms with Crippen molar-refractivity contribution in [3.8, 4) is 0 Å². The summed E-state index contributed by atoms with van der Waals surface area (Å²) in [5, 5.41) is 5.50. The fourth-order valence-electron chi connectivity index (χ4n) is 3.95. The Morgan fingerprint density at radius 2 is 2.12 bits per heavy atom. The maximum atomic E-state index is 14.7. The van der Waals surface area contributed by atoms with Gasteiger partial charge >= 0.3 is 12.1 Å². The third-order valence-electron chi connectivity index (χ3n) is 5.39. The molecule has 32 heavy (non-hydrogen) atoms. The molecule has 0 aromatic carbocycles. The third-order valence-corrected chi connectivity index (χ3v) is 6.08. The summed E-state index contributed by atoms with van der Waals surface area (Å²) in [6, 6.07) is 2.55. The third kappa shape index (κ3) is 5.53. The van der Waals surface area contributed by atoms with E-state index >= 15 is 0 Å². The number of halogens is 1. The molecule has 1 fully saturated rings. The van der Waals surface area contributed by atoms with E-state index in [4.69, 9.17) is 9.47 Å². The monoisotopic (exact) mass is 464 g/mol. The number of carbonyl (C=O) groups is 2. The van der Waals surface area contributed by atoms with Crippen LogP contribution in [0, 0.1) is 11.2 Å². The van der Waals surface area contributed by atoms with Crippen LogP contribution in [0.3, 0.4) is 0 Å². The van der Waals surface area contributed by atoms with Crippen LogP contribution in [-0.2, 0) is 20.7 Å². The first-order chi connectivity index (χ1) is 15.0. The Hall–Kier alpha value is -2.75. The second-order valence-corrected chi connectivity index (χ2v) is 9.91. The molecular formula is C22H29FN4O4S. The molecule has 8 nitrogen and oxygen atoms in total. The predicted molar refractivity (Wildman–Crippen MR) is 119 cm³/mol. The van der Waals surface area contributed by atoms with Gasteiger partial charge in [-0.1, -0.05) is 0 Å². The average molecular weight is 465 g/mol. The number of nitrogens with zero attached hydrogens (tertiary/aromatic N) is 3. The minimum absolute atomic E-state index is 0.0609. The number of nitrogens with one attached hydrogen (secondary N) is 1. The van der Waals surface area contributed by atoms with Crippen molar-refractivity contribution in [2.75, 3.05) is 19.0 Å². The number of likely N-dealkylation sites (tertiary alicyclic amines) is 1. The van der Waals surface area contributed by atoms with Crippen LogP contribution < -0.4 is 5.32 Å². The van der Waals surface area contributed by atoms with Crippen molar-refractivity contribution in [2.45, 2.75) is 58.6 Å². The van der Waals surface area contributed by atoms with Crippen molar-refractivity contribution >= 4 is 34.3 Å².